The van der Waals surface area contributed by atoms with Crippen molar-refractivity contribution in [2.45, 2.75) is 18.9 Å². The summed E-state index contributed by atoms with van der Waals surface area (Å²) in [6.07, 6.45) is 2.36. The zero-order valence-electron chi connectivity index (χ0n) is 12.8. The number of hydrogen-bond donors (Lipinski definition) is 1. The first-order chi connectivity index (χ1) is 10.3. The lowest BCUT2D eigenvalue weighted by Gasteiger charge is -2.25. The van der Waals surface area contributed by atoms with Gasteiger partial charge in [0.25, 0.3) is 0 Å². The molecule has 8 heteroatoms. The molecular weight excluding hydrogens is 274 g/mol. The Bertz CT molecular complexity index is 418. The van der Waals surface area contributed by atoms with Crippen molar-refractivity contribution in [3.8, 4) is 12.0 Å². The number of rotatable bonds is 8. The molecule has 0 saturated carbocycles. The van der Waals surface area contributed by atoms with Crippen LogP contribution in [0.1, 0.15) is 12.8 Å². The normalized spacial score (nSPS) is 17.8. The Morgan fingerprint density at radius 2 is 1.86 bits per heavy atom. The second kappa shape index (κ2) is 7.94. The van der Waals surface area contributed by atoms with Crippen molar-refractivity contribution in [1.29, 1.82) is 0 Å². The van der Waals surface area contributed by atoms with Gasteiger partial charge in [-0.3, -0.25) is 0 Å². The fourth-order valence-electron chi connectivity index (χ4n) is 2.30. The van der Waals surface area contributed by atoms with Crippen LogP contribution in [0.25, 0.3) is 0 Å². The van der Waals surface area contributed by atoms with Crippen LogP contribution in [0.15, 0.2) is 0 Å². The monoisotopic (exact) mass is 297 g/mol. The predicted octanol–water partition coefficient (Wildman–Crippen LogP) is 0.0936. The van der Waals surface area contributed by atoms with E-state index in [-0.39, 0.29) is 12.0 Å². The molecular formula is C13H23N5O3. The van der Waals surface area contributed by atoms with E-state index in [1.807, 2.05) is 0 Å². The average Bonchev–Trinajstić information content (AvgIpc) is 3.03. The largest absolute Gasteiger partial charge is 0.467 e. The van der Waals surface area contributed by atoms with E-state index in [0.717, 1.165) is 19.5 Å². The first kappa shape index (κ1) is 15.7. The molecule has 0 aromatic carbocycles. The minimum Gasteiger partial charge on any atom is -0.467 e. The molecule has 1 aliphatic heterocycles. The van der Waals surface area contributed by atoms with Crippen molar-refractivity contribution in [2.75, 3.05) is 52.5 Å². The second-order valence-corrected chi connectivity index (χ2v) is 4.84. The maximum Gasteiger partial charge on any atom is 0.324 e. The van der Waals surface area contributed by atoms with Crippen LogP contribution < -0.4 is 19.7 Å². The molecule has 1 N–H and O–H groups in total. The van der Waals surface area contributed by atoms with E-state index in [1.54, 1.807) is 7.11 Å². The third kappa shape index (κ3) is 4.40. The molecule has 1 fully saturated rings. The molecule has 0 amide bonds. The van der Waals surface area contributed by atoms with Gasteiger partial charge in [-0.25, -0.2) is 0 Å². The molecule has 21 heavy (non-hydrogen) atoms. The third-order valence-electron chi connectivity index (χ3n) is 3.40. The molecule has 1 atom stereocenters. The number of hydrogen-bond acceptors (Lipinski definition) is 8. The van der Waals surface area contributed by atoms with E-state index in [4.69, 9.17) is 14.2 Å². The molecule has 8 nitrogen and oxygen atoms in total. The summed E-state index contributed by atoms with van der Waals surface area (Å²) in [6.45, 7) is 3.18. The van der Waals surface area contributed by atoms with Gasteiger partial charge in [-0.1, -0.05) is 0 Å². The van der Waals surface area contributed by atoms with Crippen LogP contribution in [0.4, 0.5) is 5.95 Å². The van der Waals surface area contributed by atoms with Gasteiger partial charge in [0.05, 0.1) is 20.8 Å². The quantitative estimate of drug-likeness (QED) is 0.723. The average molecular weight is 297 g/mol. The van der Waals surface area contributed by atoms with Crippen molar-refractivity contribution >= 4 is 5.95 Å². The van der Waals surface area contributed by atoms with Crippen LogP contribution >= 0.6 is 0 Å². The Hall–Kier alpha value is -1.67. The van der Waals surface area contributed by atoms with Crippen molar-refractivity contribution in [2.24, 2.45) is 0 Å². The van der Waals surface area contributed by atoms with Crippen LogP contribution in [0.2, 0.25) is 0 Å². The summed E-state index contributed by atoms with van der Waals surface area (Å²) in [5, 5.41) is 3.47. The predicted molar refractivity (Wildman–Crippen MR) is 78.0 cm³/mol. The molecule has 2 heterocycles. The summed E-state index contributed by atoms with van der Waals surface area (Å²) in [5.74, 6) is 0.546. The Morgan fingerprint density at radius 1 is 1.14 bits per heavy atom. The van der Waals surface area contributed by atoms with Crippen molar-refractivity contribution < 1.29 is 14.2 Å². The maximum absolute atomic E-state index is 5.18. The second-order valence-electron chi connectivity index (χ2n) is 4.84. The molecule has 0 aliphatic carbocycles. The zero-order valence-corrected chi connectivity index (χ0v) is 12.8. The SMILES string of the molecule is COCCN(CC1CCCN1)c1nc(OC)nc(OC)n1. The van der Waals surface area contributed by atoms with Gasteiger partial charge >= 0.3 is 12.0 Å². The lowest BCUT2D eigenvalue weighted by molar-refractivity contribution is 0.204. The minimum absolute atomic E-state index is 0.249. The van der Waals surface area contributed by atoms with Gasteiger partial charge < -0.3 is 24.4 Å². The van der Waals surface area contributed by atoms with E-state index in [0.29, 0.717) is 25.1 Å². The lowest BCUT2D eigenvalue weighted by atomic mass is 10.2. The zero-order chi connectivity index (χ0) is 15.1. The van der Waals surface area contributed by atoms with Gasteiger partial charge in [-0.15, -0.1) is 4.98 Å². The van der Waals surface area contributed by atoms with E-state index in [1.165, 1.54) is 20.6 Å². The van der Waals surface area contributed by atoms with Gasteiger partial charge in [-0.05, 0) is 19.4 Å². The number of aromatic nitrogens is 3. The van der Waals surface area contributed by atoms with Crippen molar-refractivity contribution in [3.05, 3.63) is 0 Å². The first-order valence-corrected chi connectivity index (χ1v) is 7.08. The van der Waals surface area contributed by atoms with Crippen LogP contribution in [0.3, 0.4) is 0 Å². The standard InChI is InChI=1S/C13H23N5O3/c1-19-8-7-18(9-10-5-4-6-14-10)11-15-12(20-2)17-13(16-11)21-3/h10,14H,4-9H2,1-3H3. The lowest BCUT2D eigenvalue weighted by Crippen LogP contribution is -2.40. The Balaban J connectivity index is 2.17. The van der Waals surface area contributed by atoms with E-state index < -0.39 is 0 Å². The first-order valence-electron chi connectivity index (χ1n) is 7.08. The molecule has 1 aliphatic rings. The molecule has 1 saturated heterocycles. The van der Waals surface area contributed by atoms with Crippen LogP contribution in [0, 0.1) is 0 Å². The Labute approximate surface area is 124 Å². The number of ether oxygens (including phenoxy) is 3. The van der Waals surface area contributed by atoms with Crippen LogP contribution in [-0.4, -0.2) is 68.6 Å². The molecule has 118 valence electrons. The Morgan fingerprint density at radius 3 is 2.38 bits per heavy atom. The highest BCUT2D eigenvalue weighted by atomic mass is 16.5. The van der Waals surface area contributed by atoms with Crippen molar-refractivity contribution in [1.82, 2.24) is 20.3 Å². The van der Waals surface area contributed by atoms with E-state index in [2.05, 4.69) is 25.2 Å². The van der Waals surface area contributed by atoms with Gasteiger partial charge in [0.2, 0.25) is 5.95 Å². The highest BCUT2D eigenvalue weighted by Gasteiger charge is 2.21. The maximum atomic E-state index is 5.18. The van der Waals surface area contributed by atoms with Crippen molar-refractivity contribution in [3.63, 3.8) is 0 Å². The Kier molecular flexibility index (Phi) is 5.94. The molecule has 0 spiro atoms. The number of methoxy groups -OCH3 is 3. The number of nitrogens with zero attached hydrogens (tertiary/aromatic N) is 4. The van der Waals surface area contributed by atoms with Gasteiger partial charge in [0.1, 0.15) is 0 Å². The minimum atomic E-state index is 0.249. The number of nitrogens with one attached hydrogen (secondary N) is 1. The van der Waals surface area contributed by atoms with Crippen LogP contribution in [-0.2, 0) is 4.74 Å². The molecule has 1 aromatic heterocycles. The summed E-state index contributed by atoms with van der Waals surface area (Å²) in [6, 6.07) is 0.938. The summed E-state index contributed by atoms with van der Waals surface area (Å²) in [7, 11) is 4.73. The fraction of sp³-hybridized carbons (Fsp3) is 0.769. The molecule has 0 radical (unpaired) electrons. The smallest absolute Gasteiger partial charge is 0.324 e. The third-order valence-corrected chi connectivity index (χ3v) is 3.40. The van der Waals surface area contributed by atoms with E-state index in [9.17, 15) is 0 Å². The topological polar surface area (TPSA) is 81.6 Å². The molecule has 1 aromatic rings. The molecule has 1 unspecified atom stereocenters. The summed E-state index contributed by atoms with van der Waals surface area (Å²) < 4.78 is 15.4. The highest BCUT2D eigenvalue weighted by Crippen LogP contribution is 2.17. The van der Waals surface area contributed by atoms with Gasteiger partial charge in [0.15, 0.2) is 0 Å². The summed E-state index contributed by atoms with van der Waals surface area (Å²) >= 11 is 0. The molecule has 0 bridgehead atoms. The van der Waals surface area contributed by atoms with Gasteiger partial charge in [-0.2, -0.15) is 9.97 Å². The van der Waals surface area contributed by atoms with Gasteiger partial charge in [0, 0.05) is 26.2 Å². The summed E-state index contributed by atoms with van der Waals surface area (Å²) in [5.41, 5.74) is 0. The van der Waals surface area contributed by atoms with E-state index >= 15 is 0 Å². The molecule has 2 rings (SSSR count). The summed E-state index contributed by atoms with van der Waals surface area (Å²) in [4.78, 5) is 14.7. The fourth-order valence-corrected chi connectivity index (χ4v) is 2.30. The number of anilines is 1. The highest BCUT2D eigenvalue weighted by molar-refractivity contribution is 5.32. The van der Waals surface area contributed by atoms with Crippen LogP contribution in [0.5, 0.6) is 12.0 Å².